The molecule has 0 spiro atoms. The summed E-state index contributed by atoms with van der Waals surface area (Å²) in [4.78, 5) is 5.31. The molecule has 122 valence electrons. The van der Waals surface area contributed by atoms with Crippen molar-refractivity contribution in [3.63, 3.8) is 0 Å². The number of ether oxygens (including phenoxy) is 2. The zero-order chi connectivity index (χ0) is 16.4. The Labute approximate surface area is 142 Å². The minimum atomic E-state index is 0.261. The maximum Gasteiger partial charge on any atom is 0.231 e. The molecule has 3 aromatic rings. The summed E-state index contributed by atoms with van der Waals surface area (Å²) in [6.07, 6.45) is 3.42. The molecule has 0 saturated carbocycles. The van der Waals surface area contributed by atoms with Gasteiger partial charge in [0.15, 0.2) is 17.3 Å². The van der Waals surface area contributed by atoms with E-state index in [0.717, 1.165) is 33.3 Å². The highest BCUT2D eigenvalue weighted by Gasteiger charge is 2.13. The molecule has 0 saturated heterocycles. The lowest BCUT2D eigenvalue weighted by Crippen LogP contribution is -2.12. The number of hydrogen-bond donors (Lipinski definition) is 0. The number of thiazole rings is 1. The average molecular weight is 341 g/mol. The van der Waals surface area contributed by atoms with Gasteiger partial charge in [0.1, 0.15) is 5.69 Å². The molecule has 1 aromatic carbocycles. The van der Waals surface area contributed by atoms with Crippen LogP contribution in [0.3, 0.4) is 0 Å². The Bertz CT molecular complexity index is 938. The van der Waals surface area contributed by atoms with E-state index < -0.39 is 0 Å². The summed E-state index contributed by atoms with van der Waals surface area (Å²) >= 11 is 1.53. The van der Waals surface area contributed by atoms with Crippen LogP contribution < -0.4 is 14.3 Å². The second kappa shape index (κ2) is 6.37. The van der Waals surface area contributed by atoms with Crippen molar-refractivity contribution in [2.75, 3.05) is 13.3 Å². The summed E-state index contributed by atoms with van der Waals surface area (Å²) in [7, 11) is 0. The van der Waals surface area contributed by atoms with Crippen LogP contribution in [-0.2, 0) is 0 Å². The summed E-state index contributed by atoms with van der Waals surface area (Å²) in [6.45, 7) is 2.95. The third kappa shape index (κ3) is 2.74. The predicted octanol–water partition coefficient (Wildman–Crippen LogP) is 3.34. The fourth-order valence-electron chi connectivity index (χ4n) is 2.37. The number of nitrogens with zero attached hydrogens (tertiary/aromatic N) is 3. The Kier molecular flexibility index (Phi) is 3.92. The van der Waals surface area contributed by atoms with E-state index in [9.17, 15) is 0 Å². The van der Waals surface area contributed by atoms with Gasteiger partial charge in [-0.15, -0.1) is 11.3 Å². The molecule has 4 rings (SSSR count). The van der Waals surface area contributed by atoms with E-state index in [4.69, 9.17) is 13.9 Å². The van der Waals surface area contributed by atoms with Crippen molar-refractivity contribution < 1.29 is 13.9 Å². The van der Waals surface area contributed by atoms with E-state index in [0.29, 0.717) is 6.54 Å². The van der Waals surface area contributed by atoms with E-state index in [1.165, 1.54) is 11.3 Å². The SMILES string of the molecule is CCN=c1scc(-c2ccco2)n1/N=C\c1ccc2c(c1)OCO2. The average Bonchev–Trinajstić information content (AvgIpc) is 3.33. The molecule has 0 N–H and O–H groups in total. The first kappa shape index (κ1) is 14.8. The second-order valence-corrected chi connectivity index (χ2v) is 5.86. The molecule has 6 nitrogen and oxygen atoms in total. The van der Waals surface area contributed by atoms with Gasteiger partial charge in [-0.3, -0.25) is 4.99 Å². The van der Waals surface area contributed by atoms with Gasteiger partial charge in [0.25, 0.3) is 0 Å². The van der Waals surface area contributed by atoms with Gasteiger partial charge in [-0.05, 0) is 42.8 Å². The molecule has 0 fully saturated rings. The normalized spacial score (nSPS) is 14.0. The highest BCUT2D eigenvalue weighted by Crippen LogP contribution is 2.32. The second-order valence-electron chi connectivity index (χ2n) is 5.02. The van der Waals surface area contributed by atoms with Crippen molar-refractivity contribution in [2.24, 2.45) is 10.1 Å². The molecule has 1 aliphatic heterocycles. The Morgan fingerprint density at radius 3 is 3.00 bits per heavy atom. The molecule has 0 bridgehead atoms. The van der Waals surface area contributed by atoms with E-state index in [1.54, 1.807) is 17.2 Å². The minimum Gasteiger partial charge on any atom is -0.463 e. The summed E-state index contributed by atoms with van der Waals surface area (Å²) in [5, 5.41) is 6.58. The number of aromatic nitrogens is 1. The smallest absolute Gasteiger partial charge is 0.231 e. The molecule has 7 heteroatoms. The standard InChI is InChI=1S/C17H15N3O3S/c1-2-18-17-20(13(10-24-17)14-4-3-7-21-14)19-9-12-5-6-15-16(8-12)23-11-22-15/h3-10H,2,11H2,1H3/b18-17?,19-9-. The first-order valence-corrected chi connectivity index (χ1v) is 8.42. The molecule has 2 aromatic heterocycles. The highest BCUT2D eigenvalue weighted by molar-refractivity contribution is 7.07. The lowest BCUT2D eigenvalue weighted by molar-refractivity contribution is 0.174. The largest absolute Gasteiger partial charge is 0.463 e. The van der Waals surface area contributed by atoms with Crippen molar-refractivity contribution in [3.05, 3.63) is 52.3 Å². The van der Waals surface area contributed by atoms with Crippen molar-refractivity contribution >= 4 is 17.6 Å². The quantitative estimate of drug-likeness (QED) is 0.684. The van der Waals surface area contributed by atoms with Crippen LogP contribution in [-0.4, -0.2) is 24.2 Å². The predicted molar refractivity (Wildman–Crippen MR) is 91.7 cm³/mol. The number of benzene rings is 1. The zero-order valence-corrected chi connectivity index (χ0v) is 13.8. The van der Waals surface area contributed by atoms with Gasteiger partial charge < -0.3 is 13.9 Å². The molecule has 3 heterocycles. The number of rotatable bonds is 4. The summed E-state index contributed by atoms with van der Waals surface area (Å²) < 4.78 is 18.0. The van der Waals surface area contributed by atoms with Crippen LogP contribution in [0.5, 0.6) is 11.5 Å². The first-order valence-electron chi connectivity index (χ1n) is 7.54. The molecule has 0 unspecified atom stereocenters. The number of hydrogen-bond acceptors (Lipinski definition) is 6. The molecule has 0 radical (unpaired) electrons. The van der Waals surface area contributed by atoms with Gasteiger partial charge in [0, 0.05) is 11.9 Å². The minimum absolute atomic E-state index is 0.261. The topological polar surface area (TPSA) is 61.2 Å². The van der Waals surface area contributed by atoms with Crippen molar-refractivity contribution in [3.8, 4) is 23.0 Å². The highest BCUT2D eigenvalue weighted by atomic mass is 32.1. The molecular weight excluding hydrogens is 326 g/mol. The van der Waals surface area contributed by atoms with Crippen LogP contribution in [0.1, 0.15) is 12.5 Å². The summed E-state index contributed by atoms with van der Waals surface area (Å²) in [5.74, 6) is 2.25. The lowest BCUT2D eigenvalue weighted by Gasteiger charge is -2.01. The Balaban J connectivity index is 1.73. The van der Waals surface area contributed by atoms with Crippen LogP contribution in [0.15, 0.2) is 56.5 Å². The van der Waals surface area contributed by atoms with Crippen LogP contribution in [0.25, 0.3) is 11.5 Å². The maximum atomic E-state index is 5.50. The van der Waals surface area contributed by atoms with Crippen LogP contribution >= 0.6 is 11.3 Å². The maximum absolute atomic E-state index is 5.50. The van der Waals surface area contributed by atoms with E-state index in [1.807, 2.05) is 42.6 Å². The lowest BCUT2D eigenvalue weighted by atomic mass is 10.2. The van der Waals surface area contributed by atoms with Gasteiger partial charge in [-0.25, -0.2) is 4.68 Å². The van der Waals surface area contributed by atoms with Crippen LogP contribution in [0.2, 0.25) is 0 Å². The van der Waals surface area contributed by atoms with Crippen LogP contribution in [0.4, 0.5) is 0 Å². The molecule has 0 amide bonds. The Morgan fingerprint density at radius 1 is 1.25 bits per heavy atom. The van der Waals surface area contributed by atoms with Gasteiger partial charge in [0.2, 0.25) is 11.6 Å². The van der Waals surface area contributed by atoms with Gasteiger partial charge in [0.05, 0.1) is 12.5 Å². The van der Waals surface area contributed by atoms with Crippen molar-refractivity contribution in [1.82, 2.24) is 4.68 Å². The zero-order valence-electron chi connectivity index (χ0n) is 13.0. The summed E-state index contributed by atoms with van der Waals surface area (Å²) in [5.41, 5.74) is 1.79. The van der Waals surface area contributed by atoms with E-state index in [2.05, 4.69) is 10.1 Å². The molecule has 1 aliphatic rings. The number of furan rings is 1. The van der Waals surface area contributed by atoms with Crippen LogP contribution in [0, 0.1) is 0 Å². The van der Waals surface area contributed by atoms with E-state index >= 15 is 0 Å². The molecule has 24 heavy (non-hydrogen) atoms. The molecule has 0 atom stereocenters. The Morgan fingerprint density at radius 2 is 2.17 bits per heavy atom. The van der Waals surface area contributed by atoms with Gasteiger partial charge >= 0.3 is 0 Å². The van der Waals surface area contributed by atoms with E-state index in [-0.39, 0.29) is 6.79 Å². The monoisotopic (exact) mass is 341 g/mol. The molecule has 0 aliphatic carbocycles. The molecular formula is C17H15N3O3S. The van der Waals surface area contributed by atoms with Crippen molar-refractivity contribution in [1.29, 1.82) is 0 Å². The van der Waals surface area contributed by atoms with Crippen molar-refractivity contribution in [2.45, 2.75) is 6.92 Å². The van der Waals surface area contributed by atoms with Gasteiger partial charge in [-0.1, -0.05) is 0 Å². The Hall–Kier alpha value is -2.80. The summed E-state index contributed by atoms with van der Waals surface area (Å²) in [6, 6.07) is 9.49. The third-order valence-electron chi connectivity index (χ3n) is 3.47. The third-order valence-corrected chi connectivity index (χ3v) is 4.33. The fraction of sp³-hybridized carbons (Fsp3) is 0.176. The first-order chi connectivity index (χ1) is 11.8. The number of fused-ring (bicyclic) bond motifs is 1. The fourth-order valence-corrected chi connectivity index (χ4v) is 3.25. The van der Waals surface area contributed by atoms with Gasteiger partial charge in [-0.2, -0.15) is 5.10 Å².